The second-order valence-electron chi connectivity index (χ2n) is 2.51. The molecule has 0 aliphatic rings. The van der Waals surface area contributed by atoms with Gasteiger partial charge in [0.1, 0.15) is 0 Å². The number of hydrogen-bond acceptors (Lipinski definition) is 2. The largest absolute Gasteiger partial charge is 0.492 e. The van der Waals surface area contributed by atoms with Crippen molar-refractivity contribution >= 4 is 11.6 Å². The van der Waals surface area contributed by atoms with Gasteiger partial charge in [0, 0.05) is 5.56 Å². The first-order valence-corrected chi connectivity index (χ1v) is 4.07. The Morgan fingerprint density at radius 3 is 2.64 bits per heavy atom. The van der Waals surface area contributed by atoms with Gasteiger partial charge in [0.2, 0.25) is 5.82 Å². The lowest BCUT2D eigenvalue weighted by Gasteiger charge is -2.07. The van der Waals surface area contributed by atoms with Crippen molar-refractivity contribution in [2.45, 2.75) is 6.42 Å². The molecule has 0 unspecified atom stereocenters. The van der Waals surface area contributed by atoms with Crippen molar-refractivity contribution in [3.05, 3.63) is 28.3 Å². The minimum atomic E-state index is -1.16. The average molecular weight is 218 g/mol. The van der Waals surface area contributed by atoms with E-state index in [0.29, 0.717) is 0 Å². The Balaban J connectivity index is 3.34. The van der Waals surface area contributed by atoms with Crippen LogP contribution in [0.15, 0.2) is 6.07 Å². The van der Waals surface area contributed by atoms with Crippen molar-refractivity contribution in [2.24, 2.45) is 0 Å². The van der Waals surface area contributed by atoms with E-state index < -0.39 is 11.6 Å². The van der Waals surface area contributed by atoms with E-state index in [0.717, 1.165) is 0 Å². The Bertz CT molecular complexity index is 401. The Morgan fingerprint density at radius 1 is 1.50 bits per heavy atom. The number of halogens is 3. The molecule has 1 rings (SSSR count). The normalized spacial score (nSPS) is 9.64. The summed E-state index contributed by atoms with van der Waals surface area (Å²) in [5.74, 6) is -2.59. The van der Waals surface area contributed by atoms with E-state index in [1.165, 1.54) is 13.2 Å². The van der Waals surface area contributed by atoms with Crippen molar-refractivity contribution < 1.29 is 13.5 Å². The molecule has 0 spiro atoms. The Hall–Kier alpha value is -1.34. The highest BCUT2D eigenvalue weighted by Crippen LogP contribution is 2.31. The van der Waals surface area contributed by atoms with Gasteiger partial charge >= 0.3 is 0 Å². The van der Waals surface area contributed by atoms with Crippen LogP contribution in [-0.4, -0.2) is 7.11 Å². The van der Waals surface area contributed by atoms with E-state index in [4.69, 9.17) is 16.9 Å². The highest BCUT2D eigenvalue weighted by Gasteiger charge is 2.17. The molecule has 14 heavy (non-hydrogen) atoms. The molecule has 0 aliphatic carbocycles. The summed E-state index contributed by atoms with van der Waals surface area (Å²) in [6.07, 6.45) is -0.230. The first-order valence-electron chi connectivity index (χ1n) is 3.69. The highest BCUT2D eigenvalue weighted by atomic mass is 35.5. The minimum absolute atomic E-state index is 0.0448. The molecule has 74 valence electrons. The summed E-state index contributed by atoms with van der Waals surface area (Å²) in [5, 5.41) is 8.29. The van der Waals surface area contributed by atoms with Crippen molar-refractivity contribution in [1.82, 2.24) is 0 Å². The summed E-state index contributed by atoms with van der Waals surface area (Å²) >= 11 is 5.60. The van der Waals surface area contributed by atoms with Gasteiger partial charge in [-0.3, -0.25) is 0 Å². The molecule has 0 N–H and O–H groups in total. The van der Waals surface area contributed by atoms with Crippen LogP contribution in [0.3, 0.4) is 0 Å². The zero-order chi connectivity index (χ0) is 10.7. The zero-order valence-corrected chi connectivity index (χ0v) is 8.03. The molecule has 0 radical (unpaired) electrons. The SMILES string of the molecule is COc1c(Cl)cc(CC#N)c(F)c1F. The van der Waals surface area contributed by atoms with Gasteiger partial charge in [-0.1, -0.05) is 11.6 Å². The maximum Gasteiger partial charge on any atom is 0.202 e. The molecule has 0 aromatic heterocycles. The molecule has 1 aromatic carbocycles. The molecule has 0 saturated carbocycles. The fourth-order valence-corrected chi connectivity index (χ4v) is 1.32. The predicted molar refractivity (Wildman–Crippen MR) is 47.2 cm³/mol. The predicted octanol–water partition coefficient (Wildman–Crippen LogP) is 2.69. The van der Waals surface area contributed by atoms with Gasteiger partial charge < -0.3 is 4.74 Å². The molecule has 2 nitrogen and oxygen atoms in total. The van der Waals surface area contributed by atoms with Crippen molar-refractivity contribution in [1.29, 1.82) is 5.26 Å². The molecule has 0 saturated heterocycles. The lowest BCUT2D eigenvalue weighted by molar-refractivity contribution is 0.370. The molecule has 1 aromatic rings. The maximum atomic E-state index is 13.2. The Kier molecular flexibility index (Phi) is 3.26. The highest BCUT2D eigenvalue weighted by molar-refractivity contribution is 6.32. The number of ether oxygens (including phenoxy) is 1. The topological polar surface area (TPSA) is 33.0 Å². The Morgan fingerprint density at radius 2 is 2.14 bits per heavy atom. The maximum absolute atomic E-state index is 13.2. The van der Waals surface area contributed by atoms with Crippen LogP contribution in [0.1, 0.15) is 5.56 Å². The van der Waals surface area contributed by atoms with E-state index in [1.807, 2.05) is 0 Å². The minimum Gasteiger partial charge on any atom is -0.492 e. The molecule has 5 heteroatoms. The fraction of sp³-hybridized carbons (Fsp3) is 0.222. The fourth-order valence-electron chi connectivity index (χ4n) is 1.03. The van der Waals surface area contributed by atoms with Gasteiger partial charge in [0.05, 0.1) is 24.6 Å². The van der Waals surface area contributed by atoms with Gasteiger partial charge in [0.15, 0.2) is 11.6 Å². The van der Waals surface area contributed by atoms with Gasteiger partial charge in [-0.05, 0) is 6.07 Å². The van der Waals surface area contributed by atoms with Crippen molar-refractivity contribution in [3.63, 3.8) is 0 Å². The van der Waals surface area contributed by atoms with Crippen molar-refractivity contribution in [3.8, 4) is 11.8 Å². The van der Waals surface area contributed by atoms with E-state index in [2.05, 4.69) is 4.74 Å². The zero-order valence-electron chi connectivity index (χ0n) is 7.27. The molecule has 0 amide bonds. The van der Waals surface area contributed by atoms with Crippen LogP contribution < -0.4 is 4.74 Å². The monoisotopic (exact) mass is 217 g/mol. The second kappa shape index (κ2) is 4.25. The van der Waals surface area contributed by atoms with Crippen LogP contribution >= 0.6 is 11.6 Å². The quantitative estimate of drug-likeness (QED) is 0.714. The molecular formula is C9H6ClF2NO. The number of nitriles is 1. The third-order valence-electron chi connectivity index (χ3n) is 1.67. The van der Waals surface area contributed by atoms with Crippen LogP contribution in [0.25, 0.3) is 0 Å². The lowest BCUT2D eigenvalue weighted by Crippen LogP contribution is -1.98. The second-order valence-corrected chi connectivity index (χ2v) is 2.92. The van der Waals surface area contributed by atoms with Gasteiger partial charge in [-0.15, -0.1) is 0 Å². The number of hydrogen-bond donors (Lipinski definition) is 0. The number of rotatable bonds is 2. The number of benzene rings is 1. The number of methoxy groups -OCH3 is 1. The summed E-state index contributed by atoms with van der Waals surface area (Å²) in [4.78, 5) is 0. The summed E-state index contributed by atoms with van der Waals surface area (Å²) in [7, 11) is 1.19. The molecular weight excluding hydrogens is 212 g/mol. The van der Waals surface area contributed by atoms with Gasteiger partial charge in [0.25, 0.3) is 0 Å². The van der Waals surface area contributed by atoms with E-state index >= 15 is 0 Å². The van der Waals surface area contributed by atoms with Crippen LogP contribution in [0, 0.1) is 23.0 Å². The molecule has 0 fully saturated rings. The summed E-state index contributed by atoms with van der Waals surface area (Å²) < 4.78 is 30.9. The molecule has 0 atom stereocenters. The first-order chi connectivity index (χ1) is 6.61. The number of nitrogens with zero attached hydrogens (tertiary/aromatic N) is 1. The smallest absolute Gasteiger partial charge is 0.202 e. The summed E-state index contributed by atoms with van der Waals surface area (Å²) in [6.45, 7) is 0. The van der Waals surface area contributed by atoms with Crippen LogP contribution in [0.4, 0.5) is 8.78 Å². The summed E-state index contributed by atoms with van der Waals surface area (Å²) in [5.41, 5.74) is -0.0733. The van der Waals surface area contributed by atoms with E-state index in [9.17, 15) is 8.78 Å². The third-order valence-corrected chi connectivity index (χ3v) is 1.95. The average Bonchev–Trinajstić information content (AvgIpc) is 2.15. The summed E-state index contributed by atoms with van der Waals surface area (Å²) in [6, 6.07) is 2.89. The van der Waals surface area contributed by atoms with Gasteiger partial charge in [-0.2, -0.15) is 9.65 Å². The van der Waals surface area contributed by atoms with Crippen LogP contribution in [0.2, 0.25) is 5.02 Å². The van der Waals surface area contributed by atoms with Crippen LogP contribution in [-0.2, 0) is 6.42 Å². The molecule has 0 bridgehead atoms. The van der Waals surface area contributed by atoms with Crippen molar-refractivity contribution in [2.75, 3.05) is 7.11 Å². The molecule has 0 heterocycles. The lowest BCUT2D eigenvalue weighted by atomic mass is 10.1. The van der Waals surface area contributed by atoms with Gasteiger partial charge in [-0.25, -0.2) is 4.39 Å². The van der Waals surface area contributed by atoms with Crippen LogP contribution in [0.5, 0.6) is 5.75 Å². The van der Waals surface area contributed by atoms with E-state index in [1.54, 1.807) is 6.07 Å². The van der Waals surface area contributed by atoms with E-state index in [-0.39, 0.29) is 22.8 Å². The first kappa shape index (κ1) is 10.7. The molecule has 0 aliphatic heterocycles. The standard InChI is InChI=1S/C9H6ClF2NO/c1-14-9-6(10)4-5(2-3-13)7(11)8(9)12/h4H,2H2,1H3. The Labute approximate surface area is 84.7 Å². The third kappa shape index (κ3) is 1.78.